The van der Waals surface area contributed by atoms with Crippen molar-refractivity contribution in [2.45, 2.75) is 138 Å². The summed E-state index contributed by atoms with van der Waals surface area (Å²) in [5.41, 5.74) is 0. The fourth-order valence-corrected chi connectivity index (χ4v) is 7.34. The monoisotopic (exact) mass is 476 g/mol. The number of rotatable bonds is 9. The molecule has 0 bridgehead atoms. The molecular formula is C30H57BO3. The zero-order chi connectivity index (χ0) is 25.0. The predicted molar refractivity (Wildman–Crippen MR) is 144 cm³/mol. The van der Waals surface area contributed by atoms with Crippen LogP contribution in [0.1, 0.15) is 120 Å². The van der Waals surface area contributed by atoms with Gasteiger partial charge in [-0.15, -0.1) is 0 Å². The Morgan fingerprint density at radius 3 is 0.971 bits per heavy atom. The van der Waals surface area contributed by atoms with Gasteiger partial charge in [0.1, 0.15) is 0 Å². The van der Waals surface area contributed by atoms with Gasteiger partial charge in [-0.3, -0.25) is 0 Å². The van der Waals surface area contributed by atoms with Crippen molar-refractivity contribution in [3.05, 3.63) is 0 Å². The maximum Gasteiger partial charge on any atom is 0.640 e. The average Bonchev–Trinajstić information content (AvgIpc) is 2.73. The smallest absolute Gasteiger partial charge is 0.383 e. The Labute approximate surface area is 213 Å². The van der Waals surface area contributed by atoms with E-state index in [1.165, 1.54) is 38.5 Å². The molecule has 34 heavy (non-hydrogen) atoms. The van der Waals surface area contributed by atoms with E-state index < -0.39 is 7.32 Å². The van der Waals surface area contributed by atoms with E-state index in [9.17, 15) is 0 Å². The van der Waals surface area contributed by atoms with E-state index in [-0.39, 0.29) is 18.3 Å². The standard InChI is InChI=1S/C30H57BO3/c1-19(2)25-13-10-22(7)16-28(25)32-31(33-29-17-23(8)11-14-26(29)20(3)4)34-30-18-24(9)12-15-27(30)21(5)6/h19-30H,10-18H2,1-9H3/t22-,23-,24-,25-,26-,27+,28-,29-,30-/m1/s1. The van der Waals surface area contributed by atoms with Crippen LogP contribution in [0, 0.1) is 53.3 Å². The van der Waals surface area contributed by atoms with Crippen molar-refractivity contribution in [2.75, 3.05) is 0 Å². The molecule has 3 nitrogen and oxygen atoms in total. The Morgan fingerprint density at radius 2 is 0.735 bits per heavy atom. The van der Waals surface area contributed by atoms with E-state index >= 15 is 0 Å². The molecule has 0 N–H and O–H groups in total. The molecule has 3 rings (SSSR count). The molecular weight excluding hydrogens is 419 g/mol. The summed E-state index contributed by atoms with van der Waals surface area (Å²) < 4.78 is 20.8. The first-order valence-corrected chi connectivity index (χ1v) is 15.0. The van der Waals surface area contributed by atoms with Gasteiger partial charge < -0.3 is 14.0 Å². The fraction of sp³-hybridized carbons (Fsp3) is 1.00. The Hall–Kier alpha value is -0.0551. The van der Waals surface area contributed by atoms with Crippen molar-refractivity contribution >= 4 is 7.32 Å². The highest BCUT2D eigenvalue weighted by Gasteiger charge is 2.43. The molecule has 9 atom stereocenters. The van der Waals surface area contributed by atoms with E-state index in [0.717, 1.165) is 37.0 Å². The van der Waals surface area contributed by atoms with Gasteiger partial charge in [-0.05, 0) is 91.8 Å². The van der Waals surface area contributed by atoms with E-state index in [2.05, 4.69) is 62.3 Å². The van der Waals surface area contributed by atoms with Gasteiger partial charge in [-0.25, -0.2) is 0 Å². The summed E-state index contributed by atoms with van der Waals surface area (Å²) in [6.45, 7) is 21.3. The summed E-state index contributed by atoms with van der Waals surface area (Å²) >= 11 is 0. The molecule has 0 aromatic heterocycles. The lowest BCUT2D eigenvalue weighted by molar-refractivity contribution is -0.0763. The molecule has 0 heterocycles. The molecule has 0 aromatic carbocycles. The van der Waals surface area contributed by atoms with Crippen molar-refractivity contribution in [3.63, 3.8) is 0 Å². The predicted octanol–water partition coefficient (Wildman–Crippen LogP) is 8.40. The van der Waals surface area contributed by atoms with E-state index in [0.29, 0.717) is 35.5 Å². The second-order valence-electron chi connectivity index (χ2n) is 13.8. The van der Waals surface area contributed by atoms with Gasteiger partial charge in [0.15, 0.2) is 0 Å². The first-order chi connectivity index (χ1) is 16.0. The van der Waals surface area contributed by atoms with Gasteiger partial charge >= 0.3 is 7.32 Å². The Kier molecular flexibility index (Phi) is 10.9. The lowest BCUT2D eigenvalue weighted by Crippen LogP contribution is -2.48. The summed E-state index contributed by atoms with van der Waals surface area (Å²) in [6.07, 6.45) is 11.9. The van der Waals surface area contributed by atoms with Gasteiger partial charge in [0, 0.05) is 18.3 Å². The Bertz CT molecular complexity index is 513. The van der Waals surface area contributed by atoms with Crippen molar-refractivity contribution in [2.24, 2.45) is 53.3 Å². The zero-order valence-electron chi connectivity index (χ0n) is 24.1. The van der Waals surface area contributed by atoms with Gasteiger partial charge in [-0.2, -0.15) is 0 Å². The molecule has 198 valence electrons. The molecule has 3 saturated carbocycles. The highest BCUT2D eigenvalue weighted by molar-refractivity contribution is 6.36. The third-order valence-corrected chi connectivity index (χ3v) is 9.74. The first-order valence-electron chi connectivity index (χ1n) is 15.0. The zero-order valence-corrected chi connectivity index (χ0v) is 24.1. The largest absolute Gasteiger partial charge is 0.640 e. The minimum atomic E-state index is -0.523. The molecule has 0 aliphatic heterocycles. The van der Waals surface area contributed by atoms with Gasteiger partial charge in [0.2, 0.25) is 0 Å². The third kappa shape index (κ3) is 7.72. The van der Waals surface area contributed by atoms with Gasteiger partial charge in [-0.1, -0.05) is 81.6 Å². The molecule has 0 aromatic rings. The molecule has 0 spiro atoms. The summed E-state index contributed by atoms with van der Waals surface area (Å²) in [6, 6.07) is 0. The normalized spacial score (nSPS) is 39.7. The summed E-state index contributed by atoms with van der Waals surface area (Å²) in [4.78, 5) is 0. The molecule has 0 radical (unpaired) electrons. The molecule has 4 heteroatoms. The van der Waals surface area contributed by atoms with Crippen molar-refractivity contribution in [1.29, 1.82) is 0 Å². The molecule has 3 aliphatic rings. The van der Waals surface area contributed by atoms with Crippen molar-refractivity contribution in [3.8, 4) is 0 Å². The minimum Gasteiger partial charge on any atom is -0.383 e. The van der Waals surface area contributed by atoms with E-state index in [1.807, 2.05) is 0 Å². The van der Waals surface area contributed by atoms with Crippen LogP contribution in [0.15, 0.2) is 0 Å². The lowest BCUT2D eigenvalue weighted by Gasteiger charge is -2.43. The van der Waals surface area contributed by atoms with Crippen LogP contribution in [0.5, 0.6) is 0 Å². The number of hydrogen-bond donors (Lipinski definition) is 0. The van der Waals surface area contributed by atoms with Crippen LogP contribution < -0.4 is 0 Å². The first kappa shape index (κ1) is 28.5. The van der Waals surface area contributed by atoms with Crippen molar-refractivity contribution in [1.82, 2.24) is 0 Å². The summed E-state index contributed by atoms with van der Waals surface area (Å²) in [5, 5.41) is 0. The lowest BCUT2D eigenvalue weighted by atomic mass is 9.74. The van der Waals surface area contributed by atoms with Crippen LogP contribution >= 0.6 is 0 Å². The second-order valence-corrected chi connectivity index (χ2v) is 13.8. The molecule has 3 aliphatic carbocycles. The topological polar surface area (TPSA) is 27.7 Å². The molecule has 0 unspecified atom stereocenters. The quantitative estimate of drug-likeness (QED) is 0.313. The van der Waals surface area contributed by atoms with Crippen LogP contribution in [0.3, 0.4) is 0 Å². The summed E-state index contributed by atoms with van der Waals surface area (Å²) in [5.74, 6) is 5.86. The van der Waals surface area contributed by atoms with Crippen LogP contribution in [0.2, 0.25) is 0 Å². The third-order valence-electron chi connectivity index (χ3n) is 9.74. The maximum atomic E-state index is 6.92. The molecule has 0 saturated heterocycles. The van der Waals surface area contributed by atoms with Crippen LogP contribution in [-0.4, -0.2) is 25.6 Å². The fourth-order valence-electron chi connectivity index (χ4n) is 7.34. The Balaban J connectivity index is 1.81. The van der Waals surface area contributed by atoms with Crippen LogP contribution in [-0.2, 0) is 14.0 Å². The SMILES string of the molecule is CC(C)[C@H]1CC[C@@H](C)C[C@H]1OB(O[C@@H]1C[C@H](C)CC[C@@H]1C(C)C)O[C@@H]1C[C@H](C)CC[C@H]1C(C)C. The molecule has 0 amide bonds. The van der Waals surface area contributed by atoms with E-state index in [1.54, 1.807) is 0 Å². The minimum absolute atomic E-state index is 0.241. The average molecular weight is 477 g/mol. The maximum absolute atomic E-state index is 6.92. The molecule has 3 fully saturated rings. The van der Waals surface area contributed by atoms with Crippen LogP contribution in [0.25, 0.3) is 0 Å². The van der Waals surface area contributed by atoms with Gasteiger partial charge in [0.25, 0.3) is 0 Å². The summed E-state index contributed by atoms with van der Waals surface area (Å²) in [7, 11) is -0.523. The van der Waals surface area contributed by atoms with E-state index in [4.69, 9.17) is 14.0 Å². The Morgan fingerprint density at radius 1 is 0.471 bits per heavy atom. The number of hydrogen-bond acceptors (Lipinski definition) is 3. The second kappa shape index (κ2) is 13.0. The van der Waals surface area contributed by atoms with Crippen LogP contribution in [0.4, 0.5) is 0 Å². The van der Waals surface area contributed by atoms with Crippen molar-refractivity contribution < 1.29 is 14.0 Å². The highest BCUT2D eigenvalue weighted by Crippen LogP contribution is 2.40. The highest BCUT2D eigenvalue weighted by atomic mass is 16.7. The van der Waals surface area contributed by atoms with Gasteiger partial charge in [0.05, 0.1) is 0 Å².